The fourth-order valence-electron chi connectivity index (χ4n) is 2.47. The van der Waals surface area contributed by atoms with E-state index in [1.807, 2.05) is 18.2 Å². The molecule has 1 N–H and O–H groups in total. The van der Waals surface area contributed by atoms with Crippen LogP contribution in [0.3, 0.4) is 0 Å². The van der Waals surface area contributed by atoms with Crippen LogP contribution in [0.5, 0.6) is 0 Å². The van der Waals surface area contributed by atoms with Gasteiger partial charge in [0.1, 0.15) is 0 Å². The third kappa shape index (κ3) is 2.67. The summed E-state index contributed by atoms with van der Waals surface area (Å²) in [5, 5.41) is 9.42. The summed E-state index contributed by atoms with van der Waals surface area (Å²) in [4.78, 5) is 25.1. The first-order valence-electron chi connectivity index (χ1n) is 6.36. The van der Waals surface area contributed by atoms with Crippen molar-refractivity contribution in [1.29, 1.82) is 0 Å². The summed E-state index contributed by atoms with van der Waals surface area (Å²) in [6.07, 6.45) is 3.27. The van der Waals surface area contributed by atoms with Gasteiger partial charge in [-0.05, 0) is 24.0 Å². The standard InChI is InChI=1S/C15H17NO3/c1-2-3-8-13(17)16-10-9-11-6-4-5-7-12(11)14(16)15(18)19/h2,4-7,14H,1,3,8-10H2,(H,18,19)/t14-/m1/s1. The average molecular weight is 259 g/mol. The number of hydrogen-bond donors (Lipinski definition) is 1. The normalized spacial score (nSPS) is 17.7. The SMILES string of the molecule is C=CCCC(=O)N1CCc2ccccc2[C@@H]1C(=O)O. The highest BCUT2D eigenvalue weighted by Crippen LogP contribution is 2.30. The molecule has 0 saturated carbocycles. The zero-order valence-corrected chi connectivity index (χ0v) is 10.7. The van der Waals surface area contributed by atoms with E-state index in [1.165, 1.54) is 4.90 Å². The molecule has 100 valence electrons. The molecule has 1 aliphatic heterocycles. The quantitative estimate of drug-likeness (QED) is 0.843. The van der Waals surface area contributed by atoms with Gasteiger partial charge < -0.3 is 10.0 Å². The molecule has 0 aliphatic carbocycles. The van der Waals surface area contributed by atoms with Crippen LogP contribution in [-0.4, -0.2) is 28.4 Å². The molecule has 0 fully saturated rings. The summed E-state index contributed by atoms with van der Waals surface area (Å²) in [5.74, 6) is -1.10. The molecule has 0 bridgehead atoms. The first-order valence-corrected chi connectivity index (χ1v) is 6.36. The van der Waals surface area contributed by atoms with Crippen LogP contribution in [0.1, 0.15) is 30.0 Å². The summed E-state index contributed by atoms with van der Waals surface area (Å²) in [6.45, 7) is 4.04. The zero-order valence-electron chi connectivity index (χ0n) is 10.7. The van der Waals surface area contributed by atoms with Crippen LogP contribution in [0.15, 0.2) is 36.9 Å². The van der Waals surface area contributed by atoms with Crippen molar-refractivity contribution in [1.82, 2.24) is 4.90 Å². The van der Waals surface area contributed by atoms with Gasteiger partial charge in [-0.1, -0.05) is 30.3 Å². The van der Waals surface area contributed by atoms with E-state index >= 15 is 0 Å². The largest absolute Gasteiger partial charge is 0.479 e. The van der Waals surface area contributed by atoms with Crippen LogP contribution in [-0.2, 0) is 16.0 Å². The van der Waals surface area contributed by atoms with Crippen LogP contribution in [0, 0.1) is 0 Å². The summed E-state index contributed by atoms with van der Waals surface area (Å²) in [6, 6.07) is 6.57. The molecule has 0 unspecified atom stereocenters. The van der Waals surface area contributed by atoms with Crippen molar-refractivity contribution in [3.8, 4) is 0 Å². The van der Waals surface area contributed by atoms with Gasteiger partial charge in [0.25, 0.3) is 0 Å². The number of carbonyl (C=O) groups is 2. The monoisotopic (exact) mass is 259 g/mol. The molecule has 4 nitrogen and oxygen atoms in total. The van der Waals surface area contributed by atoms with Gasteiger partial charge in [-0.15, -0.1) is 6.58 Å². The highest BCUT2D eigenvalue weighted by molar-refractivity contribution is 5.85. The number of fused-ring (bicyclic) bond motifs is 1. The Morgan fingerprint density at radius 3 is 2.84 bits per heavy atom. The molecule has 0 saturated heterocycles. The van der Waals surface area contributed by atoms with Gasteiger partial charge in [-0.3, -0.25) is 4.79 Å². The number of carbonyl (C=O) groups excluding carboxylic acids is 1. The fraction of sp³-hybridized carbons (Fsp3) is 0.333. The molecule has 1 aromatic rings. The van der Waals surface area contributed by atoms with Crippen molar-refractivity contribution in [3.63, 3.8) is 0 Å². The van der Waals surface area contributed by atoms with E-state index in [4.69, 9.17) is 0 Å². The van der Waals surface area contributed by atoms with E-state index in [0.717, 1.165) is 11.1 Å². The molecule has 1 amide bonds. The van der Waals surface area contributed by atoms with Gasteiger partial charge in [0.05, 0.1) is 0 Å². The Kier molecular flexibility index (Phi) is 4.00. The molecule has 4 heteroatoms. The lowest BCUT2D eigenvalue weighted by Crippen LogP contribution is -2.43. The molecule has 0 radical (unpaired) electrons. The Balaban J connectivity index is 2.29. The topological polar surface area (TPSA) is 57.6 Å². The zero-order chi connectivity index (χ0) is 13.8. The summed E-state index contributed by atoms with van der Waals surface area (Å²) >= 11 is 0. The number of carboxylic acids is 1. The molecule has 0 aromatic heterocycles. The fourth-order valence-corrected chi connectivity index (χ4v) is 2.47. The minimum absolute atomic E-state index is 0.123. The number of hydrogen-bond acceptors (Lipinski definition) is 2. The Morgan fingerprint density at radius 2 is 2.16 bits per heavy atom. The van der Waals surface area contributed by atoms with Crippen LogP contribution in [0.2, 0.25) is 0 Å². The van der Waals surface area contributed by atoms with E-state index in [0.29, 0.717) is 25.8 Å². The van der Waals surface area contributed by atoms with Crippen LogP contribution < -0.4 is 0 Å². The van der Waals surface area contributed by atoms with Crippen molar-refractivity contribution in [3.05, 3.63) is 48.0 Å². The van der Waals surface area contributed by atoms with Crippen LogP contribution in [0.25, 0.3) is 0 Å². The Hall–Kier alpha value is -2.10. The second-order valence-electron chi connectivity index (χ2n) is 4.60. The maximum Gasteiger partial charge on any atom is 0.331 e. The van der Waals surface area contributed by atoms with E-state index < -0.39 is 12.0 Å². The minimum atomic E-state index is -0.973. The molecular weight excluding hydrogens is 242 g/mol. The number of carboxylic acid groups (broad SMARTS) is 1. The first-order chi connectivity index (χ1) is 9.15. The maximum atomic E-state index is 12.1. The third-order valence-electron chi connectivity index (χ3n) is 3.40. The number of aliphatic carboxylic acids is 1. The van der Waals surface area contributed by atoms with Crippen molar-refractivity contribution in [2.75, 3.05) is 6.54 Å². The predicted octanol–water partition coefficient (Wildman–Crippen LogP) is 2.16. The number of rotatable bonds is 4. The first kappa shape index (κ1) is 13.3. The Labute approximate surface area is 112 Å². The molecular formula is C15H17NO3. The number of nitrogens with zero attached hydrogens (tertiary/aromatic N) is 1. The van der Waals surface area contributed by atoms with Crippen LogP contribution in [0.4, 0.5) is 0 Å². The smallest absolute Gasteiger partial charge is 0.331 e. The lowest BCUT2D eigenvalue weighted by molar-refractivity contribution is -0.151. The molecule has 1 atom stereocenters. The molecule has 19 heavy (non-hydrogen) atoms. The van der Waals surface area contributed by atoms with E-state index in [1.54, 1.807) is 12.1 Å². The van der Waals surface area contributed by atoms with Gasteiger partial charge in [-0.2, -0.15) is 0 Å². The molecule has 1 heterocycles. The second-order valence-corrected chi connectivity index (χ2v) is 4.60. The highest BCUT2D eigenvalue weighted by Gasteiger charge is 2.35. The summed E-state index contributed by atoms with van der Waals surface area (Å²) in [5.41, 5.74) is 1.75. The average Bonchev–Trinajstić information content (AvgIpc) is 2.43. The van der Waals surface area contributed by atoms with Crippen molar-refractivity contribution >= 4 is 11.9 Å². The van der Waals surface area contributed by atoms with E-state index in [-0.39, 0.29) is 5.91 Å². The summed E-state index contributed by atoms with van der Waals surface area (Å²) < 4.78 is 0. The van der Waals surface area contributed by atoms with E-state index in [9.17, 15) is 14.7 Å². The summed E-state index contributed by atoms with van der Waals surface area (Å²) in [7, 11) is 0. The number of benzene rings is 1. The van der Waals surface area contributed by atoms with Gasteiger partial charge in [0.15, 0.2) is 6.04 Å². The van der Waals surface area contributed by atoms with Gasteiger partial charge >= 0.3 is 5.97 Å². The highest BCUT2D eigenvalue weighted by atomic mass is 16.4. The lowest BCUT2D eigenvalue weighted by Gasteiger charge is -2.34. The number of allylic oxidation sites excluding steroid dienone is 1. The van der Waals surface area contributed by atoms with Crippen molar-refractivity contribution in [2.24, 2.45) is 0 Å². The lowest BCUT2D eigenvalue weighted by atomic mass is 9.92. The van der Waals surface area contributed by atoms with Gasteiger partial charge in [-0.25, -0.2) is 4.79 Å². The Morgan fingerprint density at radius 1 is 1.42 bits per heavy atom. The van der Waals surface area contributed by atoms with Gasteiger partial charge in [0.2, 0.25) is 5.91 Å². The predicted molar refractivity (Wildman–Crippen MR) is 71.7 cm³/mol. The van der Waals surface area contributed by atoms with Crippen molar-refractivity contribution in [2.45, 2.75) is 25.3 Å². The second kappa shape index (κ2) is 5.69. The molecule has 0 spiro atoms. The maximum absolute atomic E-state index is 12.1. The van der Waals surface area contributed by atoms with Crippen LogP contribution >= 0.6 is 0 Å². The van der Waals surface area contributed by atoms with E-state index in [2.05, 4.69) is 6.58 Å². The molecule has 1 aromatic carbocycles. The minimum Gasteiger partial charge on any atom is -0.479 e. The third-order valence-corrected chi connectivity index (χ3v) is 3.40. The van der Waals surface area contributed by atoms with Crippen molar-refractivity contribution < 1.29 is 14.7 Å². The number of amides is 1. The Bertz CT molecular complexity index is 510. The van der Waals surface area contributed by atoms with Gasteiger partial charge in [0, 0.05) is 13.0 Å². The molecule has 1 aliphatic rings. The molecule has 2 rings (SSSR count).